The molecular formula is C16H10ClF3N4O2S. The van der Waals surface area contributed by atoms with E-state index in [0.717, 1.165) is 11.3 Å². The number of pyridine rings is 1. The number of alkyl halides is 3. The normalized spacial score (nSPS) is 11.4. The standard InChI is InChI=1S/C16H9F3N4O2S.ClH/c17-16(18,19)25-10-3-4-12-13(6-10)26-15(22-12)23-14(24)11(8-21-23)9-2-1-5-20-7-9;/h1-8,21H;1H. The molecule has 140 valence electrons. The maximum absolute atomic E-state index is 12.6. The molecule has 3 aromatic heterocycles. The average Bonchev–Trinajstić information content (AvgIpc) is 3.17. The van der Waals surface area contributed by atoms with E-state index in [1.165, 1.54) is 29.1 Å². The molecule has 11 heteroatoms. The Hall–Kier alpha value is -2.85. The number of hydrogen-bond acceptors (Lipinski definition) is 5. The molecule has 0 fully saturated rings. The van der Waals surface area contributed by atoms with Gasteiger partial charge in [-0.1, -0.05) is 17.4 Å². The Labute approximate surface area is 159 Å². The molecular weight excluding hydrogens is 405 g/mol. The van der Waals surface area contributed by atoms with Crippen LogP contribution in [0.2, 0.25) is 0 Å². The Morgan fingerprint density at radius 1 is 1.22 bits per heavy atom. The van der Waals surface area contributed by atoms with Crippen molar-refractivity contribution in [2.45, 2.75) is 6.36 Å². The number of rotatable bonds is 3. The van der Waals surface area contributed by atoms with Crippen LogP contribution >= 0.6 is 23.7 Å². The first-order valence-corrected chi connectivity index (χ1v) is 8.10. The summed E-state index contributed by atoms with van der Waals surface area (Å²) in [6.07, 6.45) is -0.0728. The molecule has 0 amide bonds. The van der Waals surface area contributed by atoms with Crippen LogP contribution in [0.25, 0.3) is 26.5 Å². The van der Waals surface area contributed by atoms with Crippen molar-refractivity contribution < 1.29 is 17.9 Å². The van der Waals surface area contributed by atoms with E-state index < -0.39 is 6.36 Å². The van der Waals surface area contributed by atoms with Gasteiger partial charge in [0.1, 0.15) is 5.75 Å². The highest BCUT2D eigenvalue weighted by Crippen LogP contribution is 2.30. The number of thiazole rings is 1. The lowest BCUT2D eigenvalue weighted by atomic mass is 10.2. The van der Waals surface area contributed by atoms with Crippen molar-refractivity contribution in [1.82, 2.24) is 19.7 Å². The molecule has 27 heavy (non-hydrogen) atoms. The fourth-order valence-electron chi connectivity index (χ4n) is 2.43. The fraction of sp³-hybridized carbons (Fsp3) is 0.0625. The molecule has 0 aliphatic rings. The minimum absolute atomic E-state index is 0. The fourth-order valence-corrected chi connectivity index (χ4v) is 3.39. The zero-order chi connectivity index (χ0) is 18.3. The van der Waals surface area contributed by atoms with E-state index in [9.17, 15) is 18.0 Å². The smallest absolute Gasteiger partial charge is 0.406 e. The predicted octanol–water partition coefficient (Wildman–Crippen LogP) is 4.16. The molecule has 0 aliphatic heterocycles. The summed E-state index contributed by atoms with van der Waals surface area (Å²) in [6.45, 7) is 0. The number of benzene rings is 1. The Morgan fingerprint density at radius 2 is 2.04 bits per heavy atom. The van der Waals surface area contributed by atoms with E-state index >= 15 is 0 Å². The van der Waals surface area contributed by atoms with Crippen LogP contribution in [-0.2, 0) is 0 Å². The minimum Gasteiger partial charge on any atom is -0.406 e. The van der Waals surface area contributed by atoms with Crippen LogP contribution in [0, 0.1) is 0 Å². The molecule has 0 atom stereocenters. The van der Waals surface area contributed by atoms with Gasteiger partial charge < -0.3 is 4.74 Å². The number of H-pyrrole nitrogens is 1. The van der Waals surface area contributed by atoms with Crippen molar-refractivity contribution in [3.05, 3.63) is 59.3 Å². The highest BCUT2D eigenvalue weighted by atomic mass is 35.5. The van der Waals surface area contributed by atoms with Crippen molar-refractivity contribution in [3.63, 3.8) is 0 Å². The zero-order valence-electron chi connectivity index (χ0n) is 13.2. The first-order valence-electron chi connectivity index (χ1n) is 7.28. The minimum atomic E-state index is -4.77. The van der Waals surface area contributed by atoms with Crippen molar-refractivity contribution in [2.24, 2.45) is 0 Å². The molecule has 3 heterocycles. The van der Waals surface area contributed by atoms with Crippen LogP contribution in [0.4, 0.5) is 13.2 Å². The lowest BCUT2D eigenvalue weighted by Crippen LogP contribution is -2.16. The van der Waals surface area contributed by atoms with Gasteiger partial charge in [0.2, 0.25) is 5.13 Å². The van der Waals surface area contributed by atoms with Crippen molar-refractivity contribution in [2.75, 3.05) is 0 Å². The number of nitrogens with zero attached hydrogens (tertiary/aromatic N) is 3. The average molecular weight is 415 g/mol. The molecule has 6 nitrogen and oxygen atoms in total. The maximum Gasteiger partial charge on any atom is 0.573 e. The lowest BCUT2D eigenvalue weighted by Gasteiger charge is -2.07. The summed E-state index contributed by atoms with van der Waals surface area (Å²) in [7, 11) is 0. The third kappa shape index (κ3) is 3.81. The number of fused-ring (bicyclic) bond motifs is 1. The summed E-state index contributed by atoms with van der Waals surface area (Å²) < 4.78 is 42.6. The van der Waals surface area contributed by atoms with Crippen molar-refractivity contribution >= 4 is 34.0 Å². The molecule has 4 rings (SSSR count). The SMILES string of the molecule is Cl.O=c1c(-c2cccnc2)c[nH]n1-c1nc2ccc(OC(F)(F)F)cc2s1. The number of hydrogen-bond donors (Lipinski definition) is 1. The molecule has 1 N–H and O–H groups in total. The maximum atomic E-state index is 12.6. The lowest BCUT2D eigenvalue weighted by molar-refractivity contribution is -0.274. The van der Waals surface area contributed by atoms with Gasteiger partial charge in [0, 0.05) is 30.2 Å². The van der Waals surface area contributed by atoms with Crippen molar-refractivity contribution in [3.8, 4) is 22.0 Å². The van der Waals surface area contributed by atoms with Crippen LogP contribution in [0.5, 0.6) is 5.75 Å². The highest BCUT2D eigenvalue weighted by molar-refractivity contribution is 7.20. The van der Waals surface area contributed by atoms with Gasteiger partial charge in [-0.3, -0.25) is 14.9 Å². The van der Waals surface area contributed by atoms with Gasteiger partial charge in [0.25, 0.3) is 5.56 Å². The van der Waals surface area contributed by atoms with Gasteiger partial charge in [-0.15, -0.1) is 25.6 Å². The Morgan fingerprint density at radius 3 is 2.74 bits per heavy atom. The second-order valence-electron chi connectivity index (χ2n) is 5.24. The summed E-state index contributed by atoms with van der Waals surface area (Å²) >= 11 is 1.07. The second-order valence-corrected chi connectivity index (χ2v) is 6.25. The van der Waals surface area contributed by atoms with Gasteiger partial charge in [0.05, 0.1) is 15.8 Å². The van der Waals surface area contributed by atoms with Crippen LogP contribution in [0.1, 0.15) is 0 Å². The second kappa shape index (κ2) is 7.05. The van der Waals surface area contributed by atoms with Gasteiger partial charge in [-0.2, -0.15) is 4.68 Å². The van der Waals surface area contributed by atoms with Crippen LogP contribution in [-0.4, -0.2) is 26.1 Å². The Balaban J connectivity index is 0.00000210. The number of aromatic nitrogens is 4. The predicted molar refractivity (Wildman–Crippen MR) is 96.7 cm³/mol. The van der Waals surface area contributed by atoms with E-state index in [1.54, 1.807) is 24.5 Å². The Kier molecular flexibility index (Phi) is 4.94. The van der Waals surface area contributed by atoms with E-state index in [4.69, 9.17) is 0 Å². The quantitative estimate of drug-likeness (QED) is 0.546. The molecule has 0 spiro atoms. The molecule has 0 unspecified atom stereocenters. The summed E-state index contributed by atoms with van der Waals surface area (Å²) in [5, 5.41) is 3.13. The summed E-state index contributed by atoms with van der Waals surface area (Å²) in [6, 6.07) is 7.29. The van der Waals surface area contributed by atoms with Gasteiger partial charge in [0.15, 0.2) is 0 Å². The van der Waals surface area contributed by atoms with E-state index in [-0.39, 0.29) is 23.7 Å². The first kappa shape index (κ1) is 18.9. The summed E-state index contributed by atoms with van der Waals surface area (Å²) in [5.41, 5.74) is 1.20. The van der Waals surface area contributed by atoms with Crippen molar-refractivity contribution in [1.29, 1.82) is 0 Å². The van der Waals surface area contributed by atoms with Gasteiger partial charge in [-0.25, -0.2) is 4.98 Å². The molecule has 4 aromatic rings. The summed E-state index contributed by atoms with van der Waals surface area (Å²) in [5.74, 6) is -0.338. The van der Waals surface area contributed by atoms with E-state index in [2.05, 4.69) is 19.8 Å². The molecule has 0 aliphatic carbocycles. The van der Waals surface area contributed by atoms with E-state index in [0.29, 0.717) is 26.5 Å². The Bertz CT molecular complexity index is 1140. The van der Waals surface area contributed by atoms with E-state index in [1.807, 2.05) is 0 Å². The number of halogens is 4. The molecule has 0 bridgehead atoms. The molecule has 1 aromatic carbocycles. The first-order chi connectivity index (χ1) is 12.4. The van der Waals surface area contributed by atoms with Crippen LogP contribution < -0.4 is 10.3 Å². The van der Waals surface area contributed by atoms with Crippen LogP contribution in [0.3, 0.4) is 0 Å². The monoisotopic (exact) mass is 414 g/mol. The third-order valence-electron chi connectivity index (χ3n) is 3.52. The molecule has 0 radical (unpaired) electrons. The largest absolute Gasteiger partial charge is 0.573 e. The topological polar surface area (TPSA) is 72.8 Å². The molecule has 0 saturated carbocycles. The molecule has 0 saturated heterocycles. The zero-order valence-corrected chi connectivity index (χ0v) is 14.9. The van der Waals surface area contributed by atoms with Gasteiger partial charge in [-0.05, 0) is 18.2 Å². The van der Waals surface area contributed by atoms with Gasteiger partial charge >= 0.3 is 6.36 Å². The number of aromatic amines is 1. The number of ether oxygens (including phenoxy) is 1. The third-order valence-corrected chi connectivity index (χ3v) is 4.52. The highest BCUT2D eigenvalue weighted by Gasteiger charge is 2.31. The van der Waals surface area contributed by atoms with Crippen LogP contribution in [0.15, 0.2) is 53.7 Å². The summed E-state index contributed by atoms with van der Waals surface area (Å²) in [4.78, 5) is 20.9. The number of nitrogens with one attached hydrogen (secondary N) is 1.